The number of fused-ring (bicyclic) bond motifs is 3. The van der Waals surface area contributed by atoms with Crippen LogP contribution in [-0.4, -0.2) is 42.1 Å². The molecule has 0 aliphatic heterocycles. The monoisotopic (exact) mass is 569 g/mol. The van der Waals surface area contributed by atoms with Gasteiger partial charge in [0, 0.05) is 19.8 Å². The highest BCUT2D eigenvalue weighted by Gasteiger charge is 2.50. The van der Waals surface area contributed by atoms with Crippen molar-refractivity contribution in [3.05, 3.63) is 95.5 Å². The van der Waals surface area contributed by atoms with Crippen LogP contribution in [0.1, 0.15) is 56.8 Å². The van der Waals surface area contributed by atoms with Crippen molar-refractivity contribution in [3.8, 4) is 0 Å². The minimum Gasteiger partial charge on any atom is -0.403 e. The average molecular weight is 570 g/mol. The summed E-state index contributed by atoms with van der Waals surface area (Å²) in [4.78, 5) is 21.3. The van der Waals surface area contributed by atoms with Crippen LogP contribution >= 0.6 is 11.3 Å². The lowest BCUT2D eigenvalue weighted by Gasteiger charge is -2.43. The second kappa shape index (κ2) is 10.6. The minimum absolute atomic E-state index is 0.0322. The number of rotatable bonds is 7. The second-order valence-corrected chi connectivity index (χ2v) is 18.2. The maximum Gasteiger partial charge on any atom is 0.265 e. The standard InChI is InChI=1S/C33H39N3O2SSi/c1-32(2,3)23-35(7)30(37)29-21-36-28-20-24(18-19-27(28)34-31(36)39-29)22-38-40(33(4,5)6,25-14-10-8-11-15-25)26-16-12-9-13-17-26/h8-21H,22-23H2,1-7H3. The van der Waals surface area contributed by atoms with Gasteiger partial charge in [-0.1, -0.05) is 120 Å². The molecule has 0 saturated carbocycles. The van der Waals surface area contributed by atoms with Crippen molar-refractivity contribution >= 4 is 51.9 Å². The number of thiazole rings is 1. The fourth-order valence-corrected chi connectivity index (χ4v) is 11.2. The summed E-state index contributed by atoms with van der Waals surface area (Å²) >= 11 is 1.44. The highest BCUT2D eigenvalue weighted by Crippen LogP contribution is 2.37. The first-order valence-corrected chi connectivity index (χ1v) is 16.5. The van der Waals surface area contributed by atoms with E-state index in [0.29, 0.717) is 18.0 Å². The third-order valence-electron chi connectivity index (χ3n) is 7.31. The summed E-state index contributed by atoms with van der Waals surface area (Å²) < 4.78 is 9.21. The van der Waals surface area contributed by atoms with Crippen LogP contribution in [0.25, 0.3) is 16.0 Å². The predicted octanol–water partition coefficient (Wildman–Crippen LogP) is 6.74. The lowest BCUT2D eigenvalue weighted by Crippen LogP contribution is -2.66. The smallest absolute Gasteiger partial charge is 0.265 e. The zero-order chi connectivity index (χ0) is 28.7. The van der Waals surface area contributed by atoms with Crippen LogP contribution in [0, 0.1) is 5.41 Å². The molecule has 2 heterocycles. The number of hydrogen-bond donors (Lipinski definition) is 0. The summed E-state index contributed by atoms with van der Waals surface area (Å²) in [7, 11) is -0.781. The van der Waals surface area contributed by atoms with E-state index in [1.807, 2.05) is 17.6 Å². The van der Waals surface area contributed by atoms with Gasteiger partial charge in [-0.2, -0.15) is 0 Å². The van der Waals surface area contributed by atoms with Crippen LogP contribution in [0.15, 0.2) is 85.1 Å². The van der Waals surface area contributed by atoms with E-state index in [2.05, 4.69) is 120 Å². The fraction of sp³-hybridized carbons (Fsp3) is 0.333. The van der Waals surface area contributed by atoms with Gasteiger partial charge in [0.1, 0.15) is 4.88 Å². The normalized spacial score (nSPS) is 12.8. The first-order valence-electron chi connectivity index (χ1n) is 13.8. The molecule has 0 fully saturated rings. The first-order chi connectivity index (χ1) is 18.9. The Morgan fingerprint density at radius 2 is 1.52 bits per heavy atom. The van der Waals surface area contributed by atoms with Crippen LogP contribution in [-0.2, 0) is 11.0 Å². The van der Waals surface area contributed by atoms with Crippen molar-refractivity contribution in [1.82, 2.24) is 14.3 Å². The lowest BCUT2D eigenvalue weighted by molar-refractivity contribution is 0.0750. The van der Waals surface area contributed by atoms with E-state index in [0.717, 1.165) is 21.6 Å². The van der Waals surface area contributed by atoms with Crippen molar-refractivity contribution in [1.29, 1.82) is 0 Å². The van der Waals surface area contributed by atoms with Gasteiger partial charge in [-0.25, -0.2) is 4.98 Å². The Morgan fingerprint density at radius 3 is 2.08 bits per heavy atom. The molecule has 0 atom stereocenters. The van der Waals surface area contributed by atoms with Gasteiger partial charge in [0.25, 0.3) is 14.2 Å². The van der Waals surface area contributed by atoms with Gasteiger partial charge < -0.3 is 9.33 Å². The van der Waals surface area contributed by atoms with E-state index < -0.39 is 8.32 Å². The molecule has 0 bridgehead atoms. The summed E-state index contributed by atoms with van der Waals surface area (Å²) in [5.41, 5.74) is 3.04. The van der Waals surface area contributed by atoms with E-state index in [1.54, 1.807) is 4.90 Å². The molecule has 0 spiro atoms. The highest BCUT2D eigenvalue weighted by atomic mass is 32.1. The Hall–Kier alpha value is -3.26. The quantitative estimate of drug-likeness (QED) is 0.204. The Labute approximate surface area is 242 Å². The number of imidazole rings is 1. The van der Waals surface area contributed by atoms with Gasteiger partial charge in [0.05, 0.1) is 17.6 Å². The molecule has 0 aliphatic rings. The van der Waals surface area contributed by atoms with Crippen molar-refractivity contribution in [3.63, 3.8) is 0 Å². The average Bonchev–Trinajstić information content (AvgIpc) is 3.46. The van der Waals surface area contributed by atoms with Crippen molar-refractivity contribution < 1.29 is 9.22 Å². The van der Waals surface area contributed by atoms with Gasteiger partial charge in [-0.15, -0.1) is 0 Å². The Morgan fingerprint density at radius 1 is 0.925 bits per heavy atom. The summed E-state index contributed by atoms with van der Waals surface area (Å²) in [5.74, 6) is 0.0322. The van der Waals surface area contributed by atoms with E-state index >= 15 is 0 Å². The van der Waals surface area contributed by atoms with Crippen LogP contribution in [0.2, 0.25) is 5.04 Å². The molecule has 3 aromatic carbocycles. The molecule has 40 heavy (non-hydrogen) atoms. The number of aromatic nitrogens is 2. The molecule has 0 unspecified atom stereocenters. The maximum absolute atomic E-state index is 13.1. The van der Waals surface area contributed by atoms with E-state index in [9.17, 15) is 4.79 Å². The van der Waals surface area contributed by atoms with Crippen LogP contribution < -0.4 is 10.4 Å². The number of nitrogens with zero attached hydrogens (tertiary/aromatic N) is 3. The number of hydrogen-bond acceptors (Lipinski definition) is 4. The third-order valence-corrected chi connectivity index (χ3v) is 13.3. The molecular weight excluding hydrogens is 531 g/mol. The minimum atomic E-state index is -2.65. The molecule has 0 N–H and O–H groups in total. The van der Waals surface area contributed by atoms with Gasteiger partial charge in [-0.05, 0) is 38.5 Å². The molecule has 0 saturated heterocycles. The SMILES string of the molecule is CN(CC(C)(C)C)C(=O)c1cn2c(nc3ccc(CO[Si](c4ccccc4)(c4ccccc4)C(C)(C)C)cc32)s1. The van der Waals surface area contributed by atoms with E-state index in [1.165, 1.54) is 21.7 Å². The highest BCUT2D eigenvalue weighted by molar-refractivity contribution is 7.19. The molecule has 5 aromatic rings. The summed E-state index contributed by atoms with van der Waals surface area (Å²) in [6.45, 7) is 14.5. The van der Waals surface area contributed by atoms with Crippen molar-refractivity contribution in [2.75, 3.05) is 13.6 Å². The molecule has 1 amide bonds. The van der Waals surface area contributed by atoms with Gasteiger partial charge in [-0.3, -0.25) is 9.20 Å². The first kappa shape index (κ1) is 28.3. The number of benzene rings is 3. The number of carbonyl (C=O) groups excluding carboxylic acids is 1. The number of amides is 1. The van der Waals surface area contributed by atoms with Crippen molar-refractivity contribution in [2.24, 2.45) is 5.41 Å². The zero-order valence-corrected chi connectivity index (χ0v) is 26.4. The molecular formula is C33H39N3O2SSi. The molecule has 0 radical (unpaired) electrons. The largest absolute Gasteiger partial charge is 0.403 e. The molecule has 5 rings (SSSR count). The topological polar surface area (TPSA) is 46.8 Å². The van der Waals surface area contributed by atoms with Crippen LogP contribution in [0.3, 0.4) is 0 Å². The second-order valence-electron chi connectivity index (χ2n) is 12.9. The Kier molecular flexibility index (Phi) is 7.50. The van der Waals surface area contributed by atoms with Gasteiger partial charge in [0.2, 0.25) is 0 Å². The molecule has 5 nitrogen and oxygen atoms in total. The molecule has 208 valence electrons. The van der Waals surface area contributed by atoms with Gasteiger partial charge in [0.15, 0.2) is 4.96 Å². The lowest BCUT2D eigenvalue weighted by atomic mass is 9.96. The summed E-state index contributed by atoms with van der Waals surface area (Å²) in [6.07, 6.45) is 1.93. The predicted molar refractivity (Wildman–Crippen MR) is 169 cm³/mol. The Bertz CT molecular complexity index is 1590. The summed E-state index contributed by atoms with van der Waals surface area (Å²) in [5, 5.41) is 2.44. The van der Waals surface area contributed by atoms with E-state index in [-0.39, 0.29) is 16.4 Å². The molecule has 2 aromatic heterocycles. The van der Waals surface area contributed by atoms with Crippen LogP contribution in [0.5, 0.6) is 0 Å². The number of carbonyl (C=O) groups is 1. The summed E-state index contributed by atoms with van der Waals surface area (Å²) in [6, 6.07) is 27.8. The van der Waals surface area contributed by atoms with E-state index in [4.69, 9.17) is 9.41 Å². The maximum atomic E-state index is 13.1. The van der Waals surface area contributed by atoms with Gasteiger partial charge >= 0.3 is 0 Å². The third kappa shape index (κ3) is 5.38. The zero-order valence-electron chi connectivity index (χ0n) is 24.6. The fourth-order valence-electron chi connectivity index (χ4n) is 5.67. The molecule has 7 heteroatoms. The van der Waals surface area contributed by atoms with Crippen LogP contribution in [0.4, 0.5) is 0 Å². The Balaban J connectivity index is 1.50. The molecule has 0 aliphatic carbocycles. The van der Waals surface area contributed by atoms with Crippen molar-refractivity contribution in [2.45, 2.75) is 53.2 Å².